The van der Waals surface area contributed by atoms with Crippen molar-refractivity contribution in [2.45, 2.75) is 23.4 Å². The third-order valence-electron chi connectivity index (χ3n) is 8.10. The molecule has 12 heteroatoms. The van der Waals surface area contributed by atoms with Gasteiger partial charge in [0, 0.05) is 18.0 Å². The Balaban J connectivity index is 1.09. The van der Waals surface area contributed by atoms with Gasteiger partial charge in [0.25, 0.3) is 11.5 Å². The number of anilines is 2. The van der Waals surface area contributed by atoms with E-state index < -0.39 is 5.25 Å². The topological polar surface area (TPSA) is 124 Å². The average molecular weight is 672 g/mol. The fraction of sp³-hybridized carbons (Fsp3) is 0.111. The van der Waals surface area contributed by atoms with Gasteiger partial charge in [-0.05, 0) is 48.9 Å². The maximum Gasteiger partial charge on any atom is 0.295 e. The van der Waals surface area contributed by atoms with Gasteiger partial charge in [-0.25, -0.2) is 9.67 Å². The van der Waals surface area contributed by atoms with Crippen LogP contribution >= 0.6 is 23.1 Å². The molecule has 0 spiro atoms. The van der Waals surface area contributed by atoms with Crippen LogP contribution in [0.4, 0.5) is 10.8 Å². The largest absolute Gasteiger partial charge is 0.319 e. The van der Waals surface area contributed by atoms with Crippen molar-refractivity contribution in [2.75, 3.05) is 10.6 Å². The Labute approximate surface area is 283 Å². The van der Waals surface area contributed by atoms with Gasteiger partial charge >= 0.3 is 0 Å². The van der Waals surface area contributed by atoms with Crippen molar-refractivity contribution < 1.29 is 9.59 Å². The van der Waals surface area contributed by atoms with Crippen molar-refractivity contribution in [1.29, 1.82) is 0 Å². The zero-order chi connectivity index (χ0) is 33.4. The van der Waals surface area contributed by atoms with Crippen LogP contribution in [0.2, 0.25) is 0 Å². The molecule has 238 valence electrons. The number of rotatable bonds is 8. The summed E-state index contributed by atoms with van der Waals surface area (Å²) in [4.78, 5) is 45.0. The molecule has 10 nitrogen and oxygen atoms in total. The third-order valence-corrected chi connectivity index (χ3v) is 10.1. The lowest BCUT2D eigenvalue weighted by Gasteiger charge is -2.11. The maximum atomic E-state index is 13.7. The average Bonchev–Trinajstić information content (AvgIpc) is 3.63. The Morgan fingerprint density at radius 3 is 2.38 bits per heavy atom. The molecule has 0 saturated carbocycles. The molecule has 2 N–H and O–H groups in total. The van der Waals surface area contributed by atoms with Crippen LogP contribution < -0.4 is 16.2 Å². The van der Waals surface area contributed by atoms with E-state index in [9.17, 15) is 14.4 Å². The summed E-state index contributed by atoms with van der Waals surface area (Å²) in [6.45, 7) is 3.51. The molecular formula is C36H29N7O3S2. The van der Waals surface area contributed by atoms with E-state index in [-0.39, 0.29) is 23.1 Å². The molecule has 1 unspecified atom stereocenters. The second kappa shape index (κ2) is 12.9. The SMILES string of the molecule is Cc1c(NC(=O)C(C)Sc2nnc(NC(=O)c3cc(-c4cccc5ccccc45)nc4ccccc34)s2)c(=O)n(-c2ccccc2)n1C. The smallest absolute Gasteiger partial charge is 0.295 e. The van der Waals surface area contributed by atoms with Gasteiger partial charge in [-0.2, -0.15) is 0 Å². The minimum atomic E-state index is -0.599. The number of aromatic nitrogens is 5. The van der Waals surface area contributed by atoms with Gasteiger partial charge < -0.3 is 5.32 Å². The van der Waals surface area contributed by atoms with E-state index in [4.69, 9.17) is 4.98 Å². The van der Waals surface area contributed by atoms with Gasteiger partial charge in [0.2, 0.25) is 11.0 Å². The Morgan fingerprint density at radius 2 is 1.56 bits per heavy atom. The van der Waals surface area contributed by atoms with Gasteiger partial charge in [0.05, 0.1) is 33.4 Å². The number of amides is 2. The Hall–Kier alpha value is -5.59. The van der Waals surface area contributed by atoms with Crippen molar-refractivity contribution in [1.82, 2.24) is 24.5 Å². The third kappa shape index (κ3) is 5.87. The summed E-state index contributed by atoms with van der Waals surface area (Å²) in [7, 11) is 1.77. The molecule has 48 heavy (non-hydrogen) atoms. The first-order valence-electron chi connectivity index (χ1n) is 15.1. The first-order chi connectivity index (χ1) is 23.3. The van der Waals surface area contributed by atoms with Crippen LogP contribution in [0.5, 0.6) is 0 Å². The number of fused-ring (bicyclic) bond motifs is 2. The first kappa shape index (κ1) is 31.0. The zero-order valence-electron chi connectivity index (χ0n) is 26.2. The summed E-state index contributed by atoms with van der Waals surface area (Å²) in [5.41, 5.74) is 4.00. The molecule has 0 fully saturated rings. The maximum absolute atomic E-state index is 13.7. The summed E-state index contributed by atoms with van der Waals surface area (Å²) in [5.74, 6) is -0.696. The van der Waals surface area contributed by atoms with Gasteiger partial charge in [-0.3, -0.25) is 24.4 Å². The van der Waals surface area contributed by atoms with Crippen LogP contribution in [0.25, 0.3) is 38.6 Å². The van der Waals surface area contributed by atoms with E-state index in [0.717, 1.165) is 16.3 Å². The molecule has 3 heterocycles. The lowest BCUT2D eigenvalue weighted by Crippen LogP contribution is -2.27. The van der Waals surface area contributed by atoms with Gasteiger partial charge in [0.15, 0.2) is 4.34 Å². The van der Waals surface area contributed by atoms with Crippen molar-refractivity contribution in [2.24, 2.45) is 7.05 Å². The molecule has 0 bridgehead atoms. The van der Waals surface area contributed by atoms with Crippen LogP contribution in [0.3, 0.4) is 0 Å². The standard InChI is InChI=1S/C36H29N7O3S2/c1-21-31(34(46)43(42(21)3)24-14-5-4-6-15-24)38-32(44)22(2)47-36-41-40-35(48-36)39-33(45)28-20-30(37-29-19-10-9-17-27(28)29)26-18-11-13-23-12-7-8-16-25(23)26/h4-20,22H,1-3H3,(H,38,44)(H,39,40,45). The predicted molar refractivity (Wildman–Crippen MR) is 192 cm³/mol. The molecule has 0 aliphatic heterocycles. The monoisotopic (exact) mass is 671 g/mol. The summed E-state index contributed by atoms with van der Waals surface area (Å²) >= 11 is 2.36. The number of nitrogens with one attached hydrogen (secondary N) is 2. The van der Waals surface area contributed by atoms with Crippen LogP contribution in [0.15, 0.2) is 112 Å². The fourth-order valence-electron chi connectivity index (χ4n) is 5.56. The van der Waals surface area contributed by atoms with Crippen LogP contribution in [0.1, 0.15) is 23.0 Å². The van der Waals surface area contributed by atoms with E-state index in [0.29, 0.717) is 43.0 Å². The molecule has 4 aromatic carbocycles. The normalized spacial score (nSPS) is 11.9. The van der Waals surface area contributed by atoms with Gasteiger partial charge in [0.1, 0.15) is 5.69 Å². The first-order valence-corrected chi connectivity index (χ1v) is 16.8. The number of benzene rings is 4. The van der Waals surface area contributed by atoms with Gasteiger partial charge in [-0.15, -0.1) is 10.2 Å². The lowest BCUT2D eigenvalue weighted by molar-refractivity contribution is -0.115. The van der Waals surface area contributed by atoms with E-state index in [1.165, 1.54) is 27.8 Å². The quantitative estimate of drug-likeness (QED) is 0.131. The summed E-state index contributed by atoms with van der Waals surface area (Å²) in [6, 6.07) is 32.7. The van der Waals surface area contributed by atoms with Crippen LogP contribution in [-0.4, -0.2) is 41.6 Å². The van der Waals surface area contributed by atoms with E-state index in [2.05, 4.69) is 20.8 Å². The molecule has 0 aliphatic rings. The molecule has 1 atom stereocenters. The number of nitrogens with zero attached hydrogens (tertiary/aromatic N) is 5. The minimum Gasteiger partial charge on any atom is -0.319 e. The molecule has 2 amide bonds. The van der Waals surface area contributed by atoms with Crippen molar-refractivity contribution in [3.05, 3.63) is 125 Å². The predicted octanol–water partition coefficient (Wildman–Crippen LogP) is 7.08. The van der Waals surface area contributed by atoms with E-state index >= 15 is 0 Å². The summed E-state index contributed by atoms with van der Waals surface area (Å²) in [5, 5.41) is 16.6. The molecule has 7 aromatic rings. The van der Waals surface area contributed by atoms with Crippen LogP contribution in [0, 0.1) is 6.92 Å². The number of carbonyl (C=O) groups excluding carboxylic acids is 2. The Bertz CT molecular complexity index is 2390. The second-order valence-corrected chi connectivity index (χ2v) is 13.7. The highest BCUT2D eigenvalue weighted by molar-refractivity contribution is 8.02. The van der Waals surface area contributed by atoms with Crippen molar-refractivity contribution in [3.63, 3.8) is 0 Å². The van der Waals surface area contributed by atoms with E-state index in [1.54, 1.807) is 31.6 Å². The number of carbonyl (C=O) groups is 2. The molecule has 3 aromatic heterocycles. The Kier molecular flexibility index (Phi) is 8.34. The van der Waals surface area contributed by atoms with Crippen molar-refractivity contribution >= 4 is 67.4 Å². The number of hydrogen-bond acceptors (Lipinski definition) is 8. The lowest BCUT2D eigenvalue weighted by atomic mass is 9.99. The molecule has 0 aliphatic carbocycles. The fourth-order valence-corrected chi connectivity index (χ4v) is 7.46. The number of pyridine rings is 1. The highest BCUT2D eigenvalue weighted by atomic mass is 32.2. The summed E-state index contributed by atoms with van der Waals surface area (Å²) in [6.07, 6.45) is 0. The molecular weight excluding hydrogens is 643 g/mol. The molecule has 7 rings (SSSR count). The highest BCUT2D eigenvalue weighted by Gasteiger charge is 2.23. The van der Waals surface area contributed by atoms with E-state index in [1.807, 2.05) is 97.1 Å². The second-order valence-electron chi connectivity index (χ2n) is 11.1. The summed E-state index contributed by atoms with van der Waals surface area (Å²) < 4.78 is 3.72. The van der Waals surface area contributed by atoms with Crippen LogP contribution in [-0.2, 0) is 11.8 Å². The molecule has 0 saturated heterocycles. The Morgan fingerprint density at radius 1 is 0.854 bits per heavy atom. The zero-order valence-corrected chi connectivity index (χ0v) is 27.8. The number of hydrogen-bond donors (Lipinski definition) is 2. The highest BCUT2D eigenvalue weighted by Crippen LogP contribution is 2.33. The number of para-hydroxylation sites is 2. The van der Waals surface area contributed by atoms with Crippen molar-refractivity contribution in [3.8, 4) is 16.9 Å². The number of thioether (sulfide) groups is 1. The molecule has 0 radical (unpaired) electrons. The minimum absolute atomic E-state index is 0.219. The van der Waals surface area contributed by atoms with Gasteiger partial charge in [-0.1, -0.05) is 102 Å².